The van der Waals surface area contributed by atoms with Crippen molar-refractivity contribution in [3.8, 4) is 0 Å². The second-order valence-corrected chi connectivity index (χ2v) is 7.11. The Bertz CT molecular complexity index is 473. The minimum absolute atomic E-state index is 0.0619. The minimum atomic E-state index is -3.48. The van der Waals surface area contributed by atoms with Crippen molar-refractivity contribution in [2.75, 3.05) is 25.2 Å². The number of rotatable bonds is 9. The van der Waals surface area contributed by atoms with Gasteiger partial charge in [-0.25, -0.2) is 13.1 Å². The Morgan fingerprint density at radius 3 is 2.95 bits per heavy atom. The smallest absolute Gasteiger partial charge is 0.243 e. The van der Waals surface area contributed by atoms with Crippen molar-refractivity contribution in [2.24, 2.45) is 5.92 Å². The summed E-state index contributed by atoms with van der Waals surface area (Å²) in [5.41, 5.74) is 0. The molecule has 2 N–H and O–H groups in total. The van der Waals surface area contributed by atoms with E-state index in [2.05, 4.69) is 9.82 Å². The number of aliphatic hydroxyl groups excluding tert-OH is 1. The summed E-state index contributed by atoms with van der Waals surface area (Å²) in [4.78, 5) is 0.168. The van der Waals surface area contributed by atoms with Crippen LogP contribution in [0.5, 0.6) is 0 Å². The van der Waals surface area contributed by atoms with Crippen LogP contribution in [0.2, 0.25) is 0 Å². The van der Waals surface area contributed by atoms with Gasteiger partial charge in [-0.15, -0.1) is 0 Å². The van der Waals surface area contributed by atoms with Gasteiger partial charge in [-0.1, -0.05) is 6.92 Å². The molecule has 0 fully saturated rings. The fraction of sp³-hybridized carbons (Fsp3) is 0.727. The Morgan fingerprint density at radius 1 is 1.58 bits per heavy atom. The van der Waals surface area contributed by atoms with Gasteiger partial charge in [-0.2, -0.15) is 16.9 Å². The van der Waals surface area contributed by atoms with Gasteiger partial charge < -0.3 is 5.11 Å². The van der Waals surface area contributed by atoms with Gasteiger partial charge in [-0.05, 0) is 24.3 Å². The Balaban J connectivity index is 2.59. The third kappa shape index (κ3) is 5.52. The molecule has 8 heteroatoms. The van der Waals surface area contributed by atoms with Crippen molar-refractivity contribution in [1.29, 1.82) is 0 Å². The minimum Gasteiger partial charge on any atom is -0.396 e. The number of aromatic nitrogens is 2. The van der Waals surface area contributed by atoms with Gasteiger partial charge in [0.2, 0.25) is 10.0 Å². The van der Waals surface area contributed by atoms with Gasteiger partial charge >= 0.3 is 0 Å². The number of nitrogens with zero attached hydrogens (tertiary/aromatic N) is 2. The molecule has 1 rings (SSSR count). The molecular formula is C11H21N3O3S2. The Hall–Kier alpha value is -0.570. The zero-order valence-electron chi connectivity index (χ0n) is 11.2. The summed E-state index contributed by atoms with van der Waals surface area (Å²) in [6, 6.07) is 0. The highest BCUT2D eigenvalue weighted by atomic mass is 32.2. The molecule has 0 aliphatic rings. The summed E-state index contributed by atoms with van der Waals surface area (Å²) in [6.45, 7) is 3.00. The van der Waals surface area contributed by atoms with E-state index in [0.29, 0.717) is 19.5 Å². The van der Waals surface area contributed by atoms with E-state index in [4.69, 9.17) is 5.11 Å². The largest absolute Gasteiger partial charge is 0.396 e. The lowest BCUT2D eigenvalue weighted by Crippen LogP contribution is -2.29. The Kier molecular flexibility index (Phi) is 6.84. The van der Waals surface area contributed by atoms with E-state index in [1.165, 1.54) is 17.1 Å². The van der Waals surface area contributed by atoms with Crippen molar-refractivity contribution < 1.29 is 13.5 Å². The van der Waals surface area contributed by atoms with Crippen molar-refractivity contribution in [3.63, 3.8) is 0 Å². The topological polar surface area (TPSA) is 84.2 Å². The average molecular weight is 307 g/mol. The number of hydrogen-bond acceptors (Lipinski definition) is 5. The lowest BCUT2D eigenvalue weighted by molar-refractivity contribution is 0.277. The van der Waals surface area contributed by atoms with Crippen LogP contribution in [-0.2, 0) is 16.6 Å². The molecule has 0 aliphatic carbocycles. The van der Waals surface area contributed by atoms with E-state index in [9.17, 15) is 8.42 Å². The maximum atomic E-state index is 12.0. The van der Waals surface area contributed by atoms with Crippen molar-refractivity contribution in [2.45, 2.75) is 24.8 Å². The molecule has 0 bridgehead atoms. The number of thioether (sulfide) groups is 1. The molecule has 0 saturated carbocycles. The molecule has 0 amide bonds. The first-order valence-electron chi connectivity index (χ1n) is 6.11. The second-order valence-electron chi connectivity index (χ2n) is 4.43. The normalized spacial score (nSPS) is 13.6. The average Bonchev–Trinajstić information content (AvgIpc) is 2.84. The fourth-order valence-electron chi connectivity index (χ4n) is 1.52. The summed E-state index contributed by atoms with van der Waals surface area (Å²) >= 11 is 1.69. The summed E-state index contributed by atoms with van der Waals surface area (Å²) in [5, 5.41) is 12.7. The molecule has 0 saturated heterocycles. The van der Waals surface area contributed by atoms with Crippen LogP contribution in [-0.4, -0.2) is 48.5 Å². The van der Waals surface area contributed by atoms with E-state index >= 15 is 0 Å². The number of aryl methyl sites for hydroxylation is 1. The predicted molar refractivity (Wildman–Crippen MR) is 76.7 cm³/mol. The molecule has 0 aliphatic heterocycles. The molecule has 1 aromatic rings. The molecule has 0 radical (unpaired) electrons. The number of nitrogens with one attached hydrogen (secondary N) is 1. The van der Waals surface area contributed by atoms with Gasteiger partial charge in [0.15, 0.2) is 0 Å². The molecule has 1 unspecified atom stereocenters. The van der Waals surface area contributed by atoms with Gasteiger partial charge in [0.05, 0.1) is 6.20 Å². The molecule has 19 heavy (non-hydrogen) atoms. The van der Waals surface area contributed by atoms with Gasteiger partial charge in [-0.3, -0.25) is 4.68 Å². The highest BCUT2D eigenvalue weighted by Crippen LogP contribution is 2.09. The molecular weight excluding hydrogens is 286 g/mol. The summed E-state index contributed by atoms with van der Waals surface area (Å²) in [6.07, 6.45) is 5.37. The first kappa shape index (κ1) is 16.5. The monoisotopic (exact) mass is 307 g/mol. The van der Waals surface area contributed by atoms with E-state index < -0.39 is 10.0 Å². The number of hydrogen-bond donors (Lipinski definition) is 2. The quantitative estimate of drug-likeness (QED) is 0.696. The van der Waals surface area contributed by atoms with Crippen LogP contribution >= 0.6 is 11.8 Å². The van der Waals surface area contributed by atoms with Crippen LogP contribution in [0.25, 0.3) is 0 Å². The molecule has 1 aromatic heterocycles. The first-order valence-corrected chi connectivity index (χ1v) is 8.99. The van der Waals surface area contributed by atoms with Crippen LogP contribution < -0.4 is 4.72 Å². The second kappa shape index (κ2) is 7.88. The zero-order chi connectivity index (χ0) is 14.3. The fourth-order valence-corrected chi connectivity index (χ4v) is 3.32. The van der Waals surface area contributed by atoms with Gasteiger partial charge in [0, 0.05) is 25.9 Å². The first-order chi connectivity index (χ1) is 8.99. The van der Waals surface area contributed by atoms with Crippen LogP contribution in [0.15, 0.2) is 17.3 Å². The third-order valence-electron chi connectivity index (χ3n) is 2.54. The molecule has 0 spiro atoms. The van der Waals surface area contributed by atoms with Crippen LogP contribution in [0.3, 0.4) is 0 Å². The number of sulfonamides is 1. The molecule has 110 valence electrons. The SMILES string of the molecule is CSCC(C)CNS(=O)(=O)c1cnn(CCCO)c1. The Morgan fingerprint density at radius 2 is 2.32 bits per heavy atom. The van der Waals surface area contributed by atoms with Gasteiger partial charge in [0.1, 0.15) is 4.90 Å². The van der Waals surface area contributed by atoms with E-state index in [-0.39, 0.29) is 17.4 Å². The standard InChI is InChI=1S/C11H21N3O3S2/c1-10(9-18-2)6-13-19(16,17)11-7-12-14(8-11)4-3-5-15/h7-8,10,13,15H,3-6,9H2,1-2H3. The highest BCUT2D eigenvalue weighted by molar-refractivity contribution is 7.98. The maximum absolute atomic E-state index is 12.0. The zero-order valence-corrected chi connectivity index (χ0v) is 12.9. The lowest BCUT2D eigenvalue weighted by atomic mass is 10.2. The maximum Gasteiger partial charge on any atom is 0.243 e. The molecule has 1 heterocycles. The van der Waals surface area contributed by atoms with E-state index in [1.807, 2.05) is 13.2 Å². The number of aliphatic hydroxyl groups is 1. The van der Waals surface area contributed by atoms with Crippen LogP contribution in [0.4, 0.5) is 0 Å². The highest BCUT2D eigenvalue weighted by Gasteiger charge is 2.17. The van der Waals surface area contributed by atoms with Crippen molar-refractivity contribution in [3.05, 3.63) is 12.4 Å². The summed E-state index contributed by atoms with van der Waals surface area (Å²) in [5.74, 6) is 1.20. The molecule has 0 aromatic carbocycles. The summed E-state index contributed by atoms with van der Waals surface area (Å²) < 4.78 is 28.1. The molecule has 6 nitrogen and oxygen atoms in total. The Labute approximate surface area is 118 Å². The van der Waals surface area contributed by atoms with E-state index in [0.717, 1.165) is 5.75 Å². The van der Waals surface area contributed by atoms with Gasteiger partial charge in [0.25, 0.3) is 0 Å². The van der Waals surface area contributed by atoms with Crippen LogP contribution in [0, 0.1) is 5.92 Å². The lowest BCUT2D eigenvalue weighted by Gasteiger charge is -2.10. The third-order valence-corrected chi connectivity index (χ3v) is 4.82. The van der Waals surface area contributed by atoms with E-state index in [1.54, 1.807) is 11.8 Å². The van der Waals surface area contributed by atoms with Crippen molar-refractivity contribution >= 4 is 21.8 Å². The van der Waals surface area contributed by atoms with Crippen molar-refractivity contribution in [1.82, 2.24) is 14.5 Å². The molecule has 1 atom stereocenters. The van der Waals surface area contributed by atoms with Crippen LogP contribution in [0.1, 0.15) is 13.3 Å². The summed E-state index contributed by atoms with van der Waals surface area (Å²) in [7, 11) is -3.48. The predicted octanol–water partition coefficient (Wildman–Crippen LogP) is 0.543.